The highest BCUT2D eigenvalue weighted by Crippen LogP contribution is 2.16. The molecule has 0 radical (unpaired) electrons. The average molecular weight is 271 g/mol. The molecule has 4 nitrogen and oxygen atoms in total. The largest absolute Gasteiger partial charge is 0.399 e. The van der Waals surface area contributed by atoms with Crippen LogP contribution in [0.5, 0.6) is 0 Å². The fourth-order valence-corrected chi connectivity index (χ4v) is 2.59. The zero-order chi connectivity index (χ0) is 13.4. The predicted molar refractivity (Wildman–Crippen MR) is 74.2 cm³/mol. The molecule has 2 N–H and O–H groups in total. The summed E-state index contributed by atoms with van der Waals surface area (Å²) in [5, 5.41) is 0. The number of nitrogens with two attached hydrogens (primary N) is 1. The lowest BCUT2D eigenvalue weighted by Gasteiger charge is -2.06. The molecular formula is C13H21NO3S. The average Bonchev–Trinajstić information content (AvgIpc) is 2.36. The summed E-state index contributed by atoms with van der Waals surface area (Å²) in [5.74, 6) is 0.607. The van der Waals surface area contributed by atoms with E-state index < -0.39 is 10.8 Å². The number of ether oxygens (including phenoxy) is 2. The van der Waals surface area contributed by atoms with Gasteiger partial charge in [0.1, 0.15) is 0 Å². The normalized spacial score (nSPS) is 12.6. The number of benzene rings is 1. The molecule has 0 saturated carbocycles. The molecule has 0 saturated heterocycles. The van der Waals surface area contributed by atoms with Crippen LogP contribution in [0.15, 0.2) is 23.1 Å². The van der Waals surface area contributed by atoms with Gasteiger partial charge in [0.05, 0.1) is 24.0 Å². The molecule has 0 aromatic heterocycles. The molecule has 0 fully saturated rings. The maximum atomic E-state index is 12.0. The Bertz CT molecular complexity index is 396. The first-order chi connectivity index (χ1) is 8.65. The maximum Gasteiger partial charge on any atom is 0.0700 e. The fraction of sp³-hybridized carbons (Fsp3) is 0.538. The van der Waals surface area contributed by atoms with E-state index in [-0.39, 0.29) is 0 Å². The minimum Gasteiger partial charge on any atom is -0.399 e. The lowest BCUT2D eigenvalue weighted by atomic mass is 10.2. The van der Waals surface area contributed by atoms with Crippen molar-refractivity contribution in [1.29, 1.82) is 0 Å². The third-order valence-electron chi connectivity index (χ3n) is 2.55. The number of anilines is 1. The Labute approximate surface area is 111 Å². The van der Waals surface area contributed by atoms with E-state index in [1.807, 2.05) is 19.1 Å². The quantitative estimate of drug-likeness (QED) is 0.578. The molecule has 1 unspecified atom stereocenters. The fourth-order valence-electron chi connectivity index (χ4n) is 1.44. The lowest BCUT2D eigenvalue weighted by molar-refractivity contribution is 0.0713. The molecule has 0 aliphatic rings. The topological polar surface area (TPSA) is 61.5 Å². The molecule has 0 bridgehead atoms. The van der Waals surface area contributed by atoms with Gasteiger partial charge in [-0.05, 0) is 37.1 Å². The Morgan fingerprint density at radius 3 is 2.72 bits per heavy atom. The zero-order valence-corrected chi connectivity index (χ0v) is 11.8. The van der Waals surface area contributed by atoms with Crippen LogP contribution in [0.2, 0.25) is 0 Å². The third-order valence-corrected chi connectivity index (χ3v) is 3.99. The van der Waals surface area contributed by atoms with Gasteiger partial charge in [-0.1, -0.05) is 0 Å². The van der Waals surface area contributed by atoms with Crippen LogP contribution in [-0.2, 0) is 20.3 Å². The maximum absolute atomic E-state index is 12.0. The summed E-state index contributed by atoms with van der Waals surface area (Å²) in [4.78, 5) is 0.832. The van der Waals surface area contributed by atoms with E-state index in [9.17, 15) is 4.21 Å². The third kappa shape index (κ3) is 5.16. The van der Waals surface area contributed by atoms with Crippen molar-refractivity contribution in [3.8, 4) is 0 Å². The van der Waals surface area contributed by atoms with Crippen LogP contribution in [-0.4, -0.2) is 36.9 Å². The van der Waals surface area contributed by atoms with Crippen LogP contribution in [0, 0.1) is 6.92 Å². The van der Waals surface area contributed by atoms with E-state index in [0.717, 1.165) is 22.6 Å². The smallest absolute Gasteiger partial charge is 0.0700 e. The molecule has 0 aliphatic heterocycles. The van der Waals surface area contributed by atoms with Crippen molar-refractivity contribution in [2.24, 2.45) is 0 Å². The van der Waals surface area contributed by atoms with Crippen LogP contribution in [0.1, 0.15) is 12.0 Å². The molecule has 0 amide bonds. The van der Waals surface area contributed by atoms with Gasteiger partial charge < -0.3 is 15.2 Å². The van der Waals surface area contributed by atoms with Crippen molar-refractivity contribution < 1.29 is 13.7 Å². The highest BCUT2D eigenvalue weighted by atomic mass is 32.2. The van der Waals surface area contributed by atoms with Gasteiger partial charge in [-0.3, -0.25) is 4.21 Å². The van der Waals surface area contributed by atoms with Crippen LogP contribution in [0.3, 0.4) is 0 Å². The van der Waals surface area contributed by atoms with E-state index in [0.29, 0.717) is 25.6 Å². The van der Waals surface area contributed by atoms with Crippen LogP contribution < -0.4 is 5.73 Å². The van der Waals surface area contributed by atoms with Gasteiger partial charge in [-0.2, -0.15) is 0 Å². The highest BCUT2D eigenvalue weighted by molar-refractivity contribution is 7.85. The monoisotopic (exact) mass is 271 g/mol. The highest BCUT2D eigenvalue weighted by Gasteiger charge is 2.05. The number of rotatable bonds is 8. The molecule has 1 atom stereocenters. The van der Waals surface area contributed by atoms with Gasteiger partial charge in [-0.25, -0.2) is 0 Å². The van der Waals surface area contributed by atoms with Crippen LogP contribution >= 0.6 is 0 Å². The zero-order valence-electron chi connectivity index (χ0n) is 11.0. The van der Waals surface area contributed by atoms with Gasteiger partial charge >= 0.3 is 0 Å². The van der Waals surface area contributed by atoms with Crippen molar-refractivity contribution in [3.05, 3.63) is 23.8 Å². The standard InChI is InChI=1S/C13H21NO3S/c1-11-10-12(4-5-13(11)14)18(15)9-3-6-17-8-7-16-2/h4-5,10H,3,6-9,14H2,1-2H3. The summed E-state index contributed by atoms with van der Waals surface area (Å²) in [6.07, 6.45) is 0.778. The molecule has 0 aliphatic carbocycles. The van der Waals surface area contributed by atoms with Crippen molar-refractivity contribution in [1.82, 2.24) is 0 Å². The first-order valence-corrected chi connectivity index (χ1v) is 7.28. The molecule has 0 heterocycles. The number of hydrogen-bond donors (Lipinski definition) is 1. The van der Waals surface area contributed by atoms with Gasteiger partial charge in [0.25, 0.3) is 0 Å². The van der Waals surface area contributed by atoms with E-state index in [2.05, 4.69) is 0 Å². The van der Waals surface area contributed by atoms with E-state index in [4.69, 9.17) is 15.2 Å². The van der Waals surface area contributed by atoms with Gasteiger partial charge in [0.15, 0.2) is 0 Å². The second kappa shape index (κ2) is 8.24. The number of methoxy groups -OCH3 is 1. The van der Waals surface area contributed by atoms with Crippen molar-refractivity contribution in [3.63, 3.8) is 0 Å². The van der Waals surface area contributed by atoms with Gasteiger partial charge in [0, 0.05) is 30.1 Å². The molecule has 1 aromatic carbocycles. The summed E-state index contributed by atoms with van der Waals surface area (Å²) in [5.41, 5.74) is 7.43. The Balaban J connectivity index is 2.30. The predicted octanol–water partition coefficient (Wildman–Crippen LogP) is 1.74. The molecule has 1 aromatic rings. The molecule has 1 rings (SSSR count). The van der Waals surface area contributed by atoms with E-state index in [1.165, 1.54) is 0 Å². The summed E-state index contributed by atoms with van der Waals surface area (Å²) < 4.78 is 22.2. The SMILES string of the molecule is COCCOCCCS(=O)c1ccc(N)c(C)c1. The van der Waals surface area contributed by atoms with Crippen LogP contribution in [0.4, 0.5) is 5.69 Å². The van der Waals surface area contributed by atoms with Crippen molar-refractivity contribution in [2.75, 3.05) is 38.4 Å². The summed E-state index contributed by atoms with van der Waals surface area (Å²) >= 11 is 0. The molecule has 5 heteroatoms. The number of hydrogen-bond acceptors (Lipinski definition) is 4. The first-order valence-electron chi connectivity index (χ1n) is 5.96. The van der Waals surface area contributed by atoms with Gasteiger partial charge in [-0.15, -0.1) is 0 Å². The van der Waals surface area contributed by atoms with Crippen LogP contribution in [0.25, 0.3) is 0 Å². The Morgan fingerprint density at radius 1 is 1.28 bits per heavy atom. The number of nitrogen functional groups attached to an aromatic ring is 1. The second-order valence-electron chi connectivity index (χ2n) is 4.03. The minimum atomic E-state index is -0.976. The van der Waals surface area contributed by atoms with Gasteiger partial charge in [0.2, 0.25) is 0 Å². The van der Waals surface area contributed by atoms with Crippen molar-refractivity contribution >= 4 is 16.5 Å². The van der Waals surface area contributed by atoms with E-state index in [1.54, 1.807) is 13.2 Å². The minimum absolute atomic E-state index is 0.587. The molecule has 102 valence electrons. The Morgan fingerprint density at radius 2 is 2.06 bits per heavy atom. The molecule has 0 spiro atoms. The first kappa shape index (κ1) is 15.1. The van der Waals surface area contributed by atoms with E-state index >= 15 is 0 Å². The second-order valence-corrected chi connectivity index (χ2v) is 5.60. The number of aryl methyl sites for hydroxylation is 1. The lowest BCUT2D eigenvalue weighted by Crippen LogP contribution is -2.07. The Hall–Kier alpha value is -0.910. The Kier molecular flexibility index (Phi) is 6.93. The molecule has 18 heavy (non-hydrogen) atoms. The summed E-state index contributed by atoms with van der Waals surface area (Å²) in [6.45, 7) is 3.72. The van der Waals surface area contributed by atoms with Crippen molar-refractivity contribution in [2.45, 2.75) is 18.2 Å². The summed E-state index contributed by atoms with van der Waals surface area (Å²) in [6, 6.07) is 5.51. The molecular weight excluding hydrogens is 250 g/mol. The summed E-state index contributed by atoms with van der Waals surface area (Å²) in [7, 11) is 0.665.